The second kappa shape index (κ2) is 11.1. The molecule has 3 aromatic rings. The standard InChI is InChI=1S/C30H32N4O4/c1-38-22-11-7-10-21(16-22)30(37)34-26-15-14-20(29(36)33-24-13-6-5-12-23(24)31)17-25(26)32-28(35)18-27(34)19-8-3-2-4-9-19/h2-4,7-11,14-17,23-24,27H,5-6,12-13,18,31H2,1H3,(H,32,35)(H,33,36). The molecule has 1 fully saturated rings. The number of carbonyl (C=O) groups is 3. The molecule has 1 aliphatic heterocycles. The lowest BCUT2D eigenvalue weighted by molar-refractivity contribution is -0.116. The second-order valence-corrected chi connectivity index (χ2v) is 9.85. The monoisotopic (exact) mass is 512 g/mol. The normalized spacial score (nSPS) is 21.1. The highest BCUT2D eigenvalue weighted by Gasteiger charge is 2.35. The fourth-order valence-electron chi connectivity index (χ4n) is 5.30. The molecular formula is C30H32N4O4. The number of ether oxygens (including phenoxy) is 1. The van der Waals surface area contributed by atoms with E-state index in [4.69, 9.17) is 10.5 Å². The largest absolute Gasteiger partial charge is 0.497 e. The van der Waals surface area contributed by atoms with Crippen molar-refractivity contribution in [2.75, 3.05) is 17.3 Å². The number of anilines is 2. The summed E-state index contributed by atoms with van der Waals surface area (Å²) in [6.45, 7) is 0. The second-order valence-electron chi connectivity index (χ2n) is 9.85. The van der Waals surface area contributed by atoms with Crippen molar-refractivity contribution in [3.63, 3.8) is 0 Å². The Balaban J connectivity index is 1.54. The van der Waals surface area contributed by atoms with Crippen molar-refractivity contribution < 1.29 is 19.1 Å². The van der Waals surface area contributed by atoms with Gasteiger partial charge in [0.15, 0.2) is 0 Å². The molecule has 0 saturated heterocycles. The maximum Gasteiger partial charge on any atom is 0.259 e. The molecule has 38 heavy (non-hydrogen) atoms. The molecule has 4 N–H and O–H groups in total. The number of rotatable bonds is 5. The molecule has 0 aromatic heterocycles. The van der Waals surface area contributed by atoms with Crippen LogP contribution in [0, 0.1) is 0 Å². The molecule has 0 spiro atoms. The van der Waals surface area contributed by atoms with Crippen LogP contribution < -0.4 is 26.0 Å². The van der Waals surface area contributed by atoms with E-state index >= 15 is 0 Å². The summed E-state index contributed by atoms with van der Waals surface area (Å²) in [5, 5.41) is 5.98. The quantitative estimate of drug-likeness (QED) is 0.468. The first-order chi connectivity index (χ1) is 18.4. The van der Waals surface area contributed by atoms with Crippen molar-refractivity contribution in [2.24, 2.45) is 5.73 Å². The summed E-state index contributed by atoms with van der Waals surface area (Å²) in [7, 11) is 1.55. The van der Waals surface area contributed by atoms with Gasteiger partial charge >= 0.3 is 0 Å². The minimum atomic E-state index is -0.545. The molecule has 3 atom stereocenters. The molecule has 1 saturated carbocycles. The van der Waals surface area contributed by atoms with E-state index in [0.717, 1.165) is 31.2 Å². The van der Waals surface area contributed by atoms with Crippen LogP contribution in [-0.4, -0.2) is 36.9 Å². The van der Waals surface area contributed by atoms with Gasteiger partial charge in [0, 0.05) is 23.2 Å². The Kier molecular flexibility index (Phi) is 7.42. The molecule has 5 rings (SSSR count). The van der Waals surface area contributed by atoms with Crippen LogP contribution in [0.25, 0.3) is 0 Å². The number of methoxy groups -OCH3 is 1. The van der Waals surface area contributed by atoms with Gasteiger partial charge in [-0.2, -0.15) is 0 Å². The van der Waals surface area contributed by atoms with Crippen LogP contribution in [0.3, 0.4) is 0 Å². The summed E-state index contributed by atoms with van der Waals surface area (Å²) in [6.07, 6.45) is 3.88. The molecule has 2 aliphatic rings. The first kappa shape index (κ1) is 25.5. The van der Waals surface area contributed by atoms with E-state index in [0.29, 0.717) is 28.3 Å². The van der Waals surface area contributed by atoms with E-state index in [-0.39, 0.29) is 36.2 Å². The van der Waals surface area contributed by atoms with Gasteiger partial charge in [-0.1, -0.05) is 49.2 Å². The zero-order chi connectivity index (χ0) is 26.6. The summed E-state index contributed by atoms with van der Waals surface area (Å²) in [5.74, 6) is -0.211. The van der Waals surface area contributed by atoms with E-state index in [1.807, 2.05) is 30.3 Å². The van der Waals surface area contributed by atoms with Crippen LogP contribution in [-0.2, 0) is 4.79 Å². The molecular weight excluding hydrogens is 480 g/mol. The molecule has 3 amide bonds. The van der Waals surface area contributed by atoms with Gasteiger partial charge in [-0.3, -0.25) is 19.3 Å². The maximum atomic E-state index is 14.0. The first-order valence-corrected chi connectivity index (χ1v) is 13.0. The molecule has 1 aliphatic carbocycles. The van der Waals surface area contributed by atoms with Gasteiger partial charge in [-0.15, -0.1) is 0 Å². The zero-order valence-corrected chi connectivity index (χ0v) is 21.4. The third-order valence-corrected chi connectivity index (χ3v) is 7.34. The summed E-state index contributed by atoms with van der Waals surface area (Å²) >= 11 is 0. The number of carbonyl (C=O) groups excluding carboxylic acids is 3. The molecule has 3 aromatic carbocycles. The maximum absolute atomic E-state index is 14.0. The van der Waals surface area contributed by atoms with Gasteiger partial charge in [0.25, 0.3) is 11.8 Å². The van der Waals surface area contributed by atoms with Crippen molar-refractivity contribution in [3.8, 4) is 5.75 Å². The van der Waals surface area contributed by atoms with Gasteiger partial charge in [0.05, 0.1) is 30.9 Å². The van der Waals surface area contributed by atoms with E-state index in [9.17, 15) is 14.4 Å². The Morgan fingerprint density at radius 1 is 0.974 bits per heavy atom. The first-order valence-electron chi connectivity index (χ1n) is 13.0. The fraction of sp³-hybridized carbons (Fsp3) is 0.300. The number of amides is 3. The highest BCUT2D eigenvalue weighted by Crippen LogP contribution is 2.40. The third-order valence-electron chi connectivity index (χ3n) is 7.34. The predicted octanol–water partition coefficient (Wildman–Crippen LogP) is 4.43. The Morgan fingerprint density at radius 2 is 1.76 bits per heavy atom. The van der Waals surface area contributed by atoms with Crippen LogP contribution in [0.2, 0.25) is 0 Å². The van der Waals surface area contributed by atoms with Crippen molar-refractivity contribution in [1.82, 2.24) is 5.32 Å². The lowest BCUT2D eigenvalue weighted by atomic mass is 9.91. The molecule has 8 heteroatoms. The lowest BCUT2D eigenvalue weighted by Crippen LogP contribution is -2.49. The number of nitrogens with two attached hydrogens (primary N) is 1. The summed E-state index contributed by atoms with van der Waals surface area (Å²) < 4.78 is 5.34. The minimum Gasteiger partial charge on any atom is -0.497 e. The Labute approximate surface area is 222 Å². The summed E-state index contributed by atoms with van der Waals surface area (Å²) in [4.78, 5) is 41.9. The predicted molar refractivity (Wildman–Crippen MR) is 146 cm³/mol. The zero-order valence-electron chi connectivity index (χ0n) is 21.4. The van der Waals surface area contributed by atoms with Crippen molar-refractivity contribution in [2.45, 2.75) is 50.2 Å². The summed E-state index contributed by atoms with van der Waals surface area (Å²) in [5.41, 5.74) is 8.81. The average molecular weight is 513 g/mol. The van der Waals surface area contributed by atoms with Crippen LogP contribution in [0.15, 0.2) is 72.8 Å². The van der Waals surface area contributed by atoms with E-state index < -0.39 is 6.04 Å². The molecule has 1 heterocycles. The lowest BCUT2D eigenvalue weighted by Gasteiger charge is -2.31. The highest BCUT2D eigenvalue weighted by molar-refractivity contribution is 6.12. The Hall–Kier alpha value is -4.17. The van der Waals surface area contributed by atoms with Crippen molar-refractivity contribution >= 4 is 29.1 Å². The SMILES string of the molecule is COc1cccc(C(=O)N2c3ccc(C(=O)NC4CCCCC4N)cc3NC(=O)CC2c2ccccc2)c1. The third kappa shape index (κ3) is 5.26. The van der Waals surface area contributed by atoms with Crippen LogP contribution in [0.5, 0.6) is 5.75 Å². The fourth-order valence-corrected chi connectivity index (χ4v) is 5.30. The number of benzene rings is 3. The van der Waals surface area contributed by atoms with Crippen molar-refractivity contribution in [1.29, 1.82) is 0 Å². The van der Waals surface area contributed by atoms with Crippen LogP contribution in [0.4, 0.5) is 11.4 Å². The number of nitrogens with one attached hydrogen (secondary N) is 2. The summed E-state index contributed by atoms with van der Waals surface area (Å²) in [6, 6.07) is 20.8. The molecule has 3 unspecified atom stereocenters. The van der Waals surface area contributed by atoms with E-state index in [1.54, 1.807) is 54.5 Å². The van der Waals surface area contributed by atoms with Crippen LogP contribution in [0.1, 0.15) is 64.4 Å². The average Bonchev–Trinajstić information content (AvgIpc) is 3.09. The van der Waals surface area contributed by atoms with Gasteiger partial charge in [-0.25, -0.2) is 0 Å². The van der Waals surface area contributed by atoms with E-state index in [1.165, 1.54) is 0 Å². The molecule has 0 bridgehead atoms. The van der Waals surface area contributed by atoms with Gasteiger partial charge in [0.2, 0.25) is 5.91 Å². The van der Waals surface area contributed by atoms with E-state index in [2.05, 4.69) is 10.6 Å². The highest BCUT2D eigenvalue weighted by atomic mass is 16.5. The number of hydrogen-bond donors (Lipinski definition) is 3. The topological polar surface area (TPSA) is 114 Å². The number of nitrogens with zero attached hydrogens (tertiary/aromatic N) is 1. The molecule has 0 radical (unpaired) electrons. The van der Waals surface area contributed by atoms with Gasteiger partial charge in [-0.05, 0) is 54.8 Å². The number of fused-ring (bicyclic) bond motifs is 1. The Bertz CT molecular complexity index is 1340. The van der Waals surface area contributed by atoms with Crippen molar-refractivity contribution in [3.05, 3.63) is 89.5 Å². The molecule has 196 valence electrons. The smallest absolute Gasteiger partial charge is 0.259 e. The number of hydrogen-bond acceptors (Lipinski definition) is 5. The minimum absolute atomic E-state index is 0.0624. The van der Waals surface area contributed by atoms with Gasteiger partial charge < -0.3 is 21.1 Å². The van der Waals surface area contributed by atoms with Crippen LogP contribution >= 0.6 is 0 Å². The van der Waals surface area contributed by atoms with Gasteiger partial charge in [0.1, 0.15) is 5.75 Å². The molecule has 8 nitrogen and oxygen atoms in total. The Morgan fingerprint density at radius 3 is 2.53 bits per heavy atom.